The first-order valence-corrected chi connectivity index (χ1v) is 5.53. The lowest BCUT2D eigenvalue weighted by molar-refractivity contribution is 0.202. The van der Waals surface area contributed by atoms with Gasteiger partial charge in [-0.25, -0.2) is 4.79 Å². The number of amides is 2. The quantitative estimate of drug-likeness (QED) is 0.735. The number of aliphatic hydroxyl groups excluding tert-OH is 1. The Morgan fingerprint density at radius 3 is 2.53 bits per heavy atom. The highest BCUT2D eigenvalue weighted by atomic mass is 16.3. The van der Waals surface area contributed by atoms with E-state index in [1.807, 2.05) is 31.2 Å². The van der Waals surface area contributed by atoms with Gasteiger partial charge < -0.3 is 21.1 Å². The van der Waals surface area contributed by atoms with Gasteiger partial charge in [-0.1, -0.05) is 12.1 Å². The van der Waals surface area contributed by atoms with Crippen LogP contribution in [0.25, 0.3) is 0 Å². The van der Waals surface area contributed by atoms with E-state index in [-0.39, 0.29) is 18.7 Å². The third-order valence-electron chi connectivity index (χ3n) is 2.47. The minimum Gasteiger partial charge on any atom is -0.395 e. The number of hydrogen-bond donors (Lipinski definition) is 3. The Kier molecular flexibility index (Phi) is 4.93. The molecule has 94 valence electrons. The first-order chi connectivity index (χ1) is 8.04. The topological polar surface area (TPSA) is 78.6 Å². The number of carbonyl (C=O) groups excluding carboxylic acids is 1. The van der Waals surface area contributed by atoms with E-state index in [2.05, 4.69) is 5.32 Å². The van der Waals surface area contributed by atoms with E-state index < -0.39 is 0 Å². The summed E-state index contributed by atoms with van der Waals surface area (Å²) in [6, 6.07) is 7.12. The van der Waals surface area contributed by atoms with Gasteiger partial charge in [-0.15, -0.1) is 0 Å². The van der Waals surface area contributed by atoms with Crippen LogP contribution in [0.5, 0.6) is 0 Å². The van der Waals surface area contributed by atoms with Crippen molar-refractivity contribution in [3.63, 3.8) is 0 Å². The molecular weight excluding hydrogens is 218 g/mol. The molecule has 5 heteroatoms. The zero-order chi connectivity index (χ0) is 12.8. The molecule has 1 rings (SSSR count). The molecule has 0 saturated carbocycles. The Bertz CT molecular complexity index is 363. The number of aliphatic hydroxyl groups is 1. The Labute approximate surface area is 101 Å². The molecule has 2 amide bonds. The van der Waals surface area contributed by atoms with Crippen molar-refractivity contribution < 1.29 is 9.90 Å². The third kappa shape index (κ3) is 4.05. The first kappa shape index (κ1) is 13.5. The Morgan fingerprint density at radius 2 is 2.06 bits per heavy atom. The van der Waals surface area contributed by atoms with Gasteiger partial charge in [0.25, 0.3) is 0 Å². The summed E-state index contributed by atoms with van der Waals surface area (Å²) in [4.78, 5) is 13.0. The minimum absolute atomic E-state index is 0.0168. The molecule has 0 aromatic heterocycles. The number of nitrogens with zero attached hydrogens (tertiary/aromatic N) is 1. The van der Waals surface area contributed by atoms with Crippen molar-refractivity contribution in [3.8, 4) is 0 Å². The average molecular weight is 237 g/mol. The number of hydrogen-bond acceptors (Lipinski definition) is 3. The van der Waals surface area contributed by atoms with Crippen LogP contribution < -0.4 is 11.1 Å². The highest BCUT2D eigenvalue weighted by molar-refractivity contribution is 5.89. The number of carbonyl (C=O) groups is 1. The predicted octanol–water partition coefficient (Wildman–Crippen LogP) is 1.16. The highest BCUT2D eigenvalue weighted by Gasteiger charge is 2.07. The van der Waals surface area contributed by atoms with E-state index >= 15 is 0 Å². The maximum absolute atomic E-state index is 11.6. The van der Waals surface area contributed by atoms with E-state index in [1.54, 1.807) is 7.05 Å². The van der Waals surface area contributed by atoms with Gasteiger partial charge in [-0.05, 0) is 24.6 Å². The number of nitrogens with two attached hydrogens (primary N) is 1. The standard InChI is InChI=1S/C12H19N3O2/c1-9(13)10-3-5-11(6-4-10)14-12(17)15(2)7-8-16/h3-6,9,16H,7-8,13H2,1-2H3,(H,14,17). The molecule has 1 aromatic carbocycles. The molecule has 0 radical (unpaired) electrons. The van der Waals surface area contributed by atoms with E-state index in [9.17, 15) is 4.79 Å². The van der Waals surface area contributed by atoms with Crippen LogP contribution in [0.4, 0.5) is 10.5 Å². The van der Waals surface area contributed by atoms with Crippen LogP contribution in [0.15, 0.2) is 24.3 Å². The van der Waals surface area contributed by atoms with Crippen LogP contribution in [-0.2, 0) is 0 Å². The average Bonchev–Trinajstić information content (AvgIpc) is 2.30. The summed E-state index contributed by atoms with van der Waals surface area (Å²) in [7, 11) is 1.63. The van der Waals surface area contributed by atoms with Crippen molar-refractivity contribution in [2.45, 2.75) is 13.0 Å². The summed E-state index contributed by atoms with van der Waals surface area (Å²) in [6.07, 6.45) is 0. The second kappa shape index (κ2) is 6.22. The number of nitrogens with one attached hydrogen (secondary N) is 1. The molecule has 0 aliphatic rings. The number of anilines is 1. The van der Waals surface area contributed by atoms with Gasteiger partial charge in [0.05, 0.1) is 6.61 Å². The van der Waals surface area contributed by atoms with Crippen LogP contribution >= 0.6 is 0 Å². The molecule has 1 unspecified atom stereocenters. The van der Waals surface area contributed by atoms with Crippen LogP contribution in [0.1, 0.15) is 18.5 Å². The second-order valence-electron chi connectivity index (χ2n) is 3.99. The van der Waals surface area contributed by atoms with Crippen LogP contribution in [0.3, 0.4) is 0 Å². The fraction of sp³-hybridized carbons (Fsp3) is 0.417. The molecule has 0 saturated heterocycles. The molecule has 1 atom stereocenters. The molecule has 0 spiro atoms. The fourth-order valence-corrected chi connectivity index (χ4v) is 1.34. The van der Waals surface area contributed by atoms with Crippen molar-refractivity contribution >= 4 is 11.7 Å². The Balaban J connectivity index is 2.60. The maximum Gasteiger partial charge on any atom is 0.321 e. The molecular formula is C12H19N3O2. The lowest BCUT2D eigenvalue weighted by Gasteiger charge is -2.16. The van der Waals surface area contributed by atoms with Crippen molar-refractivity contribution in [1.82, 2.24) is 4.90 Å². The van der Waals surface area contributed by atoms with E-state index in [0.717, 1.165) is 5.56 Å². The summed E-state index contributed by atoms with van der Waals surface area (Å²) < 4.78 is 0. The summed E-state index contributed by atoms with van der Waals surface area (Å²) in [5.74, 6) is 0. The third-order valence-corrected chi connectivity index (χ3v) is 2.47. The van der Waals surface area contributed by atoms with Gasteiger partial charge >= 0.3 is 6.03 Å². The smallest absolute Gasteiger partial charge is 0.321 e. The number of urea groups is 1. The van der Waals surface area contributed by atoms with E-state index in [0.29, 0.717) is 12.2 Å². The van der Waals surface area contributed by atoms with Gasteiger partial charge in [-0.2, -0.15) is 0 Å². The molecule has 17 heavy (non-hydrogen) atoms. The second-order valence-corrected chi connectivity index (χ2v) is 3.99. The Morgan fingerprint density at radius 1 is 1.47 bits per heavy atom. The van der Waals surface area contributed by atoms with Crippen molar-refractivity contribution in [3.05, 3.63) is 29.8 Å². The normalized spacial score (nSPS) is 12.0. The van der Waals surface area contributed by atoms with Gasteiger partial charge in [0.1, 0.15) is 0 Å². The molecule has 5 nitrogen and oxygen atoms in total. The number of likely N-dealkylation sites (N-methyl/N-ethyl adjacent to an activating group) is 1. The maximum atomic E-state index is 11.6. The Hall–Kier alpha value is -1.59. The lowest BCUT2D eigenvalue weighted by Crippen LogP contribution is -2.33. The molecule has 1 aromatic rings. The van der Waals surface area contributed by atoms with Crippen LogP contribution in [0.2, 0.25) is 0 Å². The molecule has 0 aliphatic carbocycles. The van der Waals surface area contributed by atoms with Gasteiger partial charge in [0, 0.05) is 25.3 Å². The predicted molar refractivity (Wildman–Crippen MR) is 67.8 cm³/mol. The van der Waals surface area contributed by atoms with Crippen molar-refractivity contribution in [2.75, 3.05) is 25.5 Å². The number of benzene rings is 1. The molecule has 0 bridgehead atoms. The van der Waals surface area contributed by atoms with Gasteiger partial charge in [0.2, 0.25) is 0 Å². The monoisotopic (exact) mass is 237 g/mol. The minimum atomic E-state index is -0.243. The van der Waals surface area contributed by atoms with Crippen molar-refractivity contribution in [2.24, 2.45) is 5.73 Å². The summed E-state index contributed by atoms with van der Waals surface area (Å²) >= 11 is 0. The zero-order valence-corrected chi connectivity index (χ0v) is 10.2. The molecule has 0 aliphatic heterocycles. The van der Waals surface area contributed by atoms with E-state index in [1.165, 1.54) is 4.90 Å². The zero-order valence-electron chi connectivity index (χ0n) is 10.2. The van der Waals surface area contributed by atoms with Crippen LogP contribution in [-0.4, -0.2) is 36.2 Å². The first-order valence-electron chi connectivity index (χ1n) is 5.53. The lowest BCUT2D eigenvalue weighted by atomic mass is 10.1. The van der Waals surface area contributed by atoms with Crippen molar-refractivity contribution in [1.29, 1.82) is 0 Å². The SMILES string of the molecule is CC(N)c1ccc(NC(=O)N(C)CCO)cc1. The van der Waals surface area contributed by atoms with Gasteiger partial charge in [0.15, 0.2) is 0 Å². The largest absolute Gasteiger partial charge is 0.395 e. The van der Waals surface area contributed by atoms with E-state index in [4.69, 9.17) is 10.8 Å². The number of rotatable bonds is 4. The molecule has 0 heterocycles. The fourth-order valence-electron chi connectivity index (χ4n) is 1.34. The van der Waals surface area contributed by atoms with Crippen LogP contribution in [0, 0.1) is 0 Å². The van der Waals surface area contributed by atoms with Gasteiger partial charge in [-0.3, -0.25) is 0 Å². The molecule has 4 N–H and O–H groups in total. The highest BCUT2D eigenvalue weighted by Crippen LogP contribution is 2.14. The summed E-state index contributed by atoms with van der Waals surface area (Å²) in [6.45, 7) is 2.17. The molecule has 0 fully saturated rings. The summed E-state index contributed by atoms with van der Waals surface area (Å²) in [5, 5.41) is 11.4. The summed E-state index contributed by atoms with van der Waals surface area (Å²) in [5.41, 5.74) is 7.46.